The van der Waals surface area contributed by atoms with E-state index in [2.05, 4.69) is 19.2 Å². The van der Waals surface area contributed by atoms with Gasteiger partial charge in [-0.05, 0) is 32.6 Å². The van der Waals surface area contributed by atoms with Crippen LogP contribution in [-0.4, -0.2) is 22.7 Å². The van der Waals surface area contributed by atoms with E-state index in [0.717, 1.165) is 32.1 Å². The Morgan fingerprint density at radius 3 is 2.54 bits per heavy atom. The van der Waals surface area contributed by atoms with Gasteiger partial charge in [0.25, 0.3) is 0 Å². The van der Waals surface area contributed by atoms with Crippen LogP contribution in [0.1, 0.15) is 46.0 Å². The first-order valence-electron chi connectivity index (χ1n) is 5.12. The Labute approximate surface area is 79.5 Å². The molecule has 1 aliphatic carbocycles. The normalized spacial score (nSPS) is 22.0. The predicted octanol–water partition coefficient (Wildman–Crippen LogP) is 1.77. The molecule has 0 aromatic heterocycles. The van der Waals surface area contributed by atoms with Crippen LogP contribution in [0.15, 0.2) is 0 Å². The fraction of sp³-hybridized carbons (Fsp3) is 0.900. The minimum atomic E-state index is -0.679. The van der Waals surface area contributed by atoms with Crippen molar-refractivity contribution in [3.05, 3.63) is 0 Å². The number of carboxylic acid groups (broad SMARTS) is 1. The van der Waals surface area contributed by atoms with Crippen LogP contribution in [0.5, 0.6) is 0 Å². The molecule has 2 N–H and O–H groups in total. The number of carbonyl (C=O) groups is 1. The van der Waals surface area contributed by atoms with E-state index >= 15 is 0 Å². The van der Waals surface area contributed by atoms with Crippen molar-refractivity contribution >= 4 is 5.97 Å². The largest absolute Gasteiger partial charge is 0.480 e. The maximum Gasteiger partial charge on any atom is 0.323 e. The van der Waals surface area contributed by atoms with E-state index in [1.54, 1.807) is 0 Å². The minimum absolute atomic E-state index is 0.321. The molecule has 1 rings (SSSR count). The highest BCUT2D eigenvalue weighted by atomic mass is 16.4. The van der Waals surface area contributed by atoms with Gasteiger partial charge in [-0.2, -0.15) is 0 Å². The Bertz CT molecular complexity index is 187. The summed E-state index contributed by atoms with van der Waals surface area (Å²) in [5.41, 5.74) is -0.589. The van der Waals surface area contributed by atoms with Gasteiger partial charge in [-0.1, -0.05) is 13.3 Å². The molecule has 1 fully saturated rings. The molecule has 1 aliphatic rings. The summed E-state index contributed by atoms with van der Waals surface area (Å²) in [5, 5.41) is 12.3. The summed E-state index contributed by atoms with van der Waals surface area (Å²) in [6.45, 7) is 4.18. The zero-order valence-corrected chi connectivity index (χ0v) is 8.47. The van der Waals surface area contributed by atoms with Crippen LogP contribution in [-0.2, 0) is 4.79 Å². The summed E-state index contributed by atoms with van der Waals surface area (Å²) in [5.74, 6) is -0.679. The van der Waals surface area contributed by atoms with Gasteiger partial charge in [-0.3, -0.25) is 10.1 Å². The van der Waals surface area contributed by atoms with Crippen molar-refractivity contribution < 1.29 is 9.90 Å². The predicted molar refractivity (Wildman–Crippen MR) is 51.7 cm³/mol. The number of rotatable bonds is 5. The molecule has 0 spiro atoms. The van der Waals surface area contributed by atoms with E-state index in [-0.39, 0.29) is 0 Å². The van der Waals surface area contributed by atoms with E-state index in [1.165, 1.54) is 0 Å². The van der Waals surface area contributed by atoms with Gasteiger partial charge in [0.05, 0.1) is 0 Å². The summed E-state index contributed by atoms with van der Waals surface area (Å²) < 4.78 is 0. The molecular formula is C10H19NO2. The maximum absolute atomic E-state index is 11.0. The second-order valence-electron chi connectivity index (χ2n) is 4.07. The fourth-order valence-electron chi connectivity index (χ4n) is 1.93. The van der Waals surface area contributed by atoms with Crippen LogP contribution in [0, 0.1) is 0 Å². The van der Waals surface area contributed by atoms with Gasteiger partial charge >= 0.3 is 5.97 Å². The lowest BCUT2D eigenvalue weighted by atomic mass is 9.76. The van der Waals surface area contributed by atoms with E-state index in [4.69, 9.17) is 5.11 Å². The van der Waals surface area contributed by atoms with Crippen molar-refractivity contribution in [2.24, 2.45) is 0 Å². The van der Waals surface area contributed by atoms with E-state index in [9.17, 15) is 4.79 Å². The second-order valence-corrected chi connectivity index (χ2v) is 4.07. The summed E-state index contributed by atoms with van der Waals surface area (Å²) in [7, 11) is 0. The monoisotopic (exact) mass is 185 g/mol. The number of hydrogen-bond donors (Lipinski definition) is 2. The van der Waals surface area contributed by atoms with Gasteiger partial charge in [0.1, 0.15) is 5.54 Å². The lowest BCUT2D eigenvalue weighted by Gasteiger charge is -2.40. The first-order valence-corrected chi connectivity index (χ1v) is 5.12. The van der Waals surface area contributed by atoms with Crippen LogP contribution >= 0.6 is 0 Å². The van der Waals surface area contributed by atoms with Crippen molar-refractivity contribution in [1.82, 2.24) is 5.32 Å². The average molecular weight is 185 g/mol. The topological polar surface area (TPSA) is 49.3 Å². The first-order chi connectivity index (χ1) is 6.10. The number of nitrogens with one attached hydrogen (secondary N) is 1. The van der Waals surface area contributed by atoms with Gasteiger partial charge in [-0.15, -0.1) is 0 Å². The van der Waals surface area contributed by atoms with Crippen LogP contribution in [0.4, 0.5) is 0 Å². The molecule has 0 aromatic carbocycles. The highest BCUT2D eigenvalue weighted by molar-refractivity contribution is 5.80. The van der Waals surface area contributed by atoms with Gasteiger partial charge in [0.15, 0.2) is 0 Å². The summed E-state index contributed by atoms with van der Waals surface area (Å²) in [6.07, 6.45) is 4.77. The maximum atomic E-state index is 11.0. The molecule has 0 radical (unpaired) electrons. The average Bonchev–Trinajstić information content (AvgIpc) is 1.96. The molecule has 3 nitrogen and oxygen atoms in total. The van der Waals surface area contributed by atoms with E-state index in [1.807, 2.05) is 0 Å². The fourth-order valence-corrected chi connectivity index (χ4v) is 1.93. The van der Waals surface area contributed by atoms with E-state index < -0.39 is 11.5 Å². The number of carboxylic acids is 1. The minimum Gasteiger partial charge on any atom is -0.480 e. The van der Waals surface area contributed by atoms with Crippen LogP contribution in [0.25, 0.3) is 0 Å². The number of hydrogen-bond acceptors (Lipinski definition) is 2. The first kappa shape index (κ1) is 10.5. The summed E-state index contributed by atoms with van der Waals surface area (Å²) in [6, 6.07) is 0.321. The molecule has 1 atom stereocenters. The molecule has 1 unspecified atom stereocenters. The molecule has 0 aromatic rings. The van der Waals surface area contributed by atoms with Gasteiger partial charge in [0, 0.05) is 6.04 Å². The highest BCUT2D eigenvalue weighted by Crippen LogP contribution is 2.32. The van der Waals surface area contributed by atoms with Crippen LogP contribution in [0.2, 0.25) is 0 Å². The highest BCUT2D eigenvalue weighted by Gasteiger charge is 2.44. The molecule has 0 heterocycles. The molecule has 0 amide bonds. The Kier molecular flexibility index (Phi) is 3.31. The van der Waals surface area contributed by atoms with Crippen LogP contribution < -0.4 is 5.32 Å². The SMILES string of the molecule is CCCC(C)NC1(C(=O)O)CCC1. The van der Waals surface area contributed by atoms with Gasteiger partial charge in [0.2, 0.25) is 0 Å². The van der Waals surface area contributed by atoms with Crippen molar-refractivity contribution in [2.45, 2.75) is 57.5 Å². The summed E-state index contributed by atoms with van der Waals surface area (Å²) in [4.78, 5) is 11.0. The molecule has 0 aliphatic heterocycles. The standard InChI is InChI=1S/C10H19NO2/c1-3-5-8(2)11-10(9(12)13)6-4-7-10/h8,11H,3-7H2,1-2H3,(H,12,13). The third kappa shape index (κ3) is 2.21. The molecule has 0 saturated heterocycles. The quantitative estimate of drug-likeness (QED) is 0.686. The Balaban J connectivity index is 2.44. The summed E-state index contributed by atoms with van der Waals surface area (Å²) >= 11 is 0. The molecule has 13 heavy (non-hydrogen) atoms. The zero-order chi connectivity index (χ0) is 9.90. The van der Waals surface area contributed by atoms with Gasteiger partial charge in [-0.25, -0.2) is 0 Å². The van der Waals surface area contributed by atoms with Gasteiger partial charge < -0.3 is 5.11 Å². The molecule has 76 valence electrons. The Morgan fingerprint density at radius 1 is 1.62 bits per heavy atom. The van der Waals surface area contributed by atoms with Crippen molar-refractivity contribution in [3.63, 3.8) is 0 Å². The zero-order valence-electron chi connectivity index (χ0n) is 8.47. The third-order valence-corrected chi connectivity index (χ3v) is 2.86. The third-order valence-electron chi connectivity index (χ3n) is 2.86. The van der Waals surface area contributed by atoms with Crippen molar-refractivity contribution in [2.75, 3.05) is 0 Å². The molecule has 3 heteroatoms. The molecular weight excluding hydrogens is 166 g/mol. The molecule has 1 saturated carbocycles. The number of aliphatic carboxylic acids is 1. The lowest BCUT2D eigenvalue weighted by molar-refractivity contribution is -0.149. The Morgan fingerprint density at radius 2 is 2.23 bits per heavy atom. The second kappa shape index (κ2) is 4.09. The van der Waals surface area contributed by atoms with Crippen molar-refractivity contribution in [3.8, 4) is 0 Å². The van der Waals surface area contributed by atoms with Crippen LogP contribution in [0.3, 0.4) is 0 Å². The Hall–Kier alpha value is -0.570. The van der Waals surface area contributed by atoms with Crippen molar-refractivity contribution in [1.29, 1.82) is 0 Å². The van der Waals surface area contributed by atoms with E-state index in [0.29, 0.717) is 6.04 Å². The lowest BCUT2D eigenvalue weighted by Crippen LogP contribution is -2.59. The smallest absolute Gasteiger partial charge is 0.323 e. The molecule has 0 bridgehead atoms.